The molecule has 1 amide bonds. The summed E-state index contributed by atoms with van der Waals surface area (Å²) in [5.41, 5.74) is 3.52. The fourth-order valence-electron chi connectivity index (χ4n) is 3.66. The van der Waals surface area contributed by atoms with Gasteiger partial charge in [0.1, 0.15) is 5.69 Å². The Bertz CT molecular complexity index is 1030. The van der Waals surface area contributed by atoms with E-state index in [2.05, 4.69) is 20.9 Å². The summed E-state index contributed by atoms with van der Waals surface area (Å²) in [5, 5.41) is 0.728. The highest BCUT2D eigenvalue weighted by molar-refractivity contribution is 6.30. The molecule has 1 aliphatic heterocycles. The number of benzene rings is 2. The molecule has 1 aliphatic rings. The Morgan fingerprint density at radius 1 is 0.967 bits per heavy atom. The molecule has 4 rings (SSSR count). The van der Waals surface area contributed by atoms with Crippen LogP contribution in [0.2, 0.25) is 5.02 Å². The van der Waals surface area contributed by atoms with Crippen LogP contribution < -0.4 is 9.80 Å². The first-order valence-corrected chi connectivity index (χ1v) is 10.3. The van der Waals surface area contributed by atoms with Gasteiger partial charge < -0.3 is 14.7 Å². The van der Waals surface area contributed by atoms with E-state index in [0.717, 1.165) is 40.9 Å². The van der Waals surface area contributed by atoms with E-state index in [9.17, 15) is 4.79 Å². The van der Waals surface area contributed by atoms with Crippen LogP contribution in [0, 0.1) is 0 Å². The van der Waals surface area contributed by atoms with Gasteiger partial charge in [-0.2, -0.15) is 0 Å². The van der Waals surface area contributed by atoms with Crippen molar-refractivity contribution in [3.05, 3.63) is 71.5 Å². The normalized spacial score (nSPS) is 14.0. The second kappa shape index (κ2) is 8.71. The Balaban J connectivity index is 1.44. The Labute approximate surface area is 181 Å². The quantitative estimate of drug-likeness (QED) is 0.640. The van der Waals surface area contributed by atoms with Crippen molar-refractivity contribution < 1.29 is 4.79 Å². The Hall–Kier alpha value is -3.12. The van der Waals surface area contributed by atoms with Crippen LogP contribution in [0.1, 0.15) is 10.4 Å². The van der Waals surface area contributed by atoms with Gasteiger partial charge in [-0.3, -0.25) is 9.78 Å². The van der Waals surface area contributed by atoms with Gasteiger partial charge in [-0.05, 0) is 30.3 Å². The smallest absolute Gasteiger partial charge is 0.253 e. The molecule has 7 heteroatoms. The highest BCUT2D eigenvalue weighted by Gasteiger charge is 2.22. The molecule has 0 bridgehead atoms. The summed E-state index contributed by atoms with van der Waals surface area (Å²) < 4.78 is 0. The lowest BCUT2D eigenvalue weighted by molar-refractivity contribution is 0.0747. The van der Waals surface area contributed by atoms with Gasteiger partial charge in [0.15, 0.2) is 5.82 Å². The number of amides is 1. The predicted molar refractivity (Wildman–Crippen MR) is 121 cm³/mol. The van der Waals surface area contributed by atoms with E-state index in [1.165, 1.54) is 0 Å². The van der Waals surface area contributed by atoms with Crippen LogP contribution in [0.25, 0.3) is 11.3 Å². The molecule has 0 radical (unpaired) electrons. The fraction of sp³-hybridized carbons (Fsp3) is 0.261. The van der Waals surface area contributed by atoms with Crippen LogP contribution in [0.15, 0.2) is 60.9 Å². The number of hydrogen-bond donors (Lipinski definition) is 0. The van der Waals surface area contributed by atoms with E-state index in [4.69, 9.17) is 11.6 Å². The molecule has 0 unspecified atom stereocenters. The van der Waals surface area contributed by atoms with E-state index in [0.29, 0.717) is 18.7 Å². The topological polar surface area (TPSA) is 52.6 Å². The summed E-state index contributed by atoms with van der Waals surface area (Å²) in [4.78, 5) is 27.9. The molecule has 2 aromatic carbocycles. The Morgan fingerprint density at radius 3 is 2.33 bits per heavy atom. The summed E-state index contributed by atoms with van der Waals surface area (Å²) in [6.07, 6.45) is 3.36. The Morgan fingerprint density at radius 2 is 1.67 bits per heavy atom. The first-order valence-electron chi connectivity index (χ1n) is 9.91. The zero-order chi connectivity index (χ0) is 21.1. The monoisotopic (exact) mass is 421 g/mol. The van der Waals surface area contributed by atoms with E-state index in [1.54, 1.807) is 12.4 Å². The molecule has 0 N–H and O–H groups in total. The van der Waals surface area contributed by atoms with Crippen molar-refractivity contribution in [3.63, 3.8) is 0 Å². The third-order valence-corrected chi connectivity index (χ3v) is 5.48. The molecule has 0 aliphatic carbocycles. The molecule has 1 fully saturated rings. The summed E-state index contributed by atoms with van der Waals surface area (Å²) in [6, 6.07) is 15.5. The maximum Gasteiger partial charge on any atom is 0.253 e. The van der Waals surface area contributed by atoms with Crippen LogP contribution in [-0.2, 0) is 0 Å². The number of carbonyl (C=O) groups is 1. The molecule has 0 atom stereocenters. The maximum atomic E-state index is 13.0. The van der Waals surface area contributed by atoms with Crippen molar-refractivity contribution in [2.24, 2.45) is 0 Å². The van der Waals surface area contributed by atoms with Crippen molar-refractivity contribution >= 4 is 29.0 Å². The highest BCUT2D eigenvalue weighted by atomic mass is 35.5. The number of carbonyl (C=O) groups excluding carboxylic acids is 1. The van der Waals surface area contributed by atoms with Gasteiger partial charge in [-0.1, -0.05) is 29.8 Å². The molecule has 0 spiro atoms. The first kappa shape index (κ1) is 20.2. The van der Waals surface area contributed by atoms with Gasteiger partial charge in [-0.25, -0.2) is 4.98 Å². The SMILES string of the molecule is CN(C)c1nccnc1-c1ccc(C(=O)N2CCN(c3cccc(Cl)c3)CC2)cc1. The molecular formula is C23H24ClN5O. The van der Waals surface area contributed by atoms with Gasteiger partial charge in [-0.15, -0.1) is 0 Å². The number of piperazine rings is 1. The summed E-state index contributed by atoms with van der Waals surface area (Å²) >= 11 is 6.11. The number of aromatic nitrogens is 2. The average Bonchev–Trinajstić information content (AvgIpc) is 2.79. The lowest BCUT2D eigenvalue weighted by atomic mass is 10.1. The van der Waals surface area contributed by atoms with Gasteiger partial charge >= 0.3 is 0 Å². The van der Waals surface area contributed by atoms with Gasteiger partial charge in [0.05, 0.1) is 0 Å². The highest BCUT2D eigenvalue weighted by Crippen LogP contribution is 2.26. The number of hydrogen-bond acceptors (Lipinski definition) is 5. The molecule has 154 valence electrons. The molecule has 6 nitrogen and oxygen atoms in total. The average molecular weight is 422 g/mol. The summed E-state index contributed by atoms with van der Waals surface area (Å²) in [6.45, 7) is 2.94. The maximum absolute atomic E-state index is 13.0. The molecule has 1 aromatic heterocycles. The number of anilines is 2. The molecule has 30 heavy (non-hydrogen) atoms. The zero-order valence-corrected chi connectivity index (χ0v) is 17.9. The molecule has 3 aromatic rings. The van der Waals surface area contributed by atoms with Crippen molar-refractivity contribution in [1.29, 1.82) is 0 Å². The van der Waals surface area contributed by atoms with E-state index < -0.39 is 0 Å². The minimum Gasteiger partial charge on any atom is -0.368 e. The van der Waals surface area contributed by atoms with Gasteiger partial charge in [0.2, 0.25) is 0 Å². The van der Waals surface area contributed by atoms with E-state index in [1.807, 2.05) is 66.4 Å². The first-order chi connectivity index (χ1) is 14.5. The minimum atomic E-state index is 0.0549. The third-order valence-electron chi connectivity index (χ3n) is 5.25. The zero-order valence-electron chi connectivity index (χ0n) is 17.1. The van der Waals surface area contributed by atoms with Crippen LogP contribution in [0.5, 0.6) is 0 Å². The second-order valence-corrected chi connectivity index (χ2v) is 7.90. The largest absolute Gasteiger partial charge is 0.368 e. The van der Waals surface area contributed by atoms with E-state index in [-0.39, 0.29) is 5.91 Å². The lowest BCUT2D eigenvalue weighted by Gasteiger charge is -2.36. The second-order valence-electron chi connectivity index (χ2n) is 7.46. The Kier molecular flexibility index (Phi) is 5.86. The third kappa shape index (κ3) is 4.24. The van der Waals surface area contributed by atoms with Crippen molar-refractivity contribution in [2.45, 2.75) is 0 Å². The van der Waals surface area contributed by atoms with Crippen LogP contribution in [0.3, 0.4) is 0 Å². The lowest BCUT2D eigenvalue weighted by Crippen LogP contribution is -2.48. The summed E-state index contributed by atoms with van der Waals surface area (Å²) in [5.74, 6) is 0.855. The van der Waals surface area contributed by atoms with Crippen molar-refractivity contribution in [3.8, 4) is 11.3 Å². The minimum absolute atomic E-state index is 0.0549. The number of rotatable bonds is 4. The van der Waals surface area contributed by atoms with Crippen molar-refractivity contribution in [1.82, 2.24) is 14.9 Å². The molecular weight excluding hydrogens is 398 g/mol. The molecule has 2 heterocycles. The van der Waals surface area contributed by atoms with Crippen LogP contribution in [-0.4, -0.2) is 61.0 Å². The number of nitrogens with zero attached hydrogens (tertiary/aromatic N) is 5. The summed E-state index contributed by atoms with van der Waals surface area (Å²) in [7, 11) is 3.88. The standard InChI is InChI=1S/C23H24ClN5O/c1-27(2)22-21(25-10-11-26-22)17-6-8-18(9-7-17)23(30)29-14-12-28(13-15-29)20-5-3-4-19(24)16-20/h3-11,16H,12-15H2,1-2H3. The molecule has 0 saturated carbocycles. The van der Waals surface area contributed by atoms with E-state index >= 15 is 0 Å². The fourth-order valence-corrected chi connectivity index (χ4v) is 3.84. The molecule has 1 saturated heterocycles. The van der Waals surface area contributed by atoms with Crippen molar-refractivity contribution in [2.75, 3.05) is 50.1 Å². The predicted octanol–water partition coefficient (Wildman–Crippen LogP) is 3.83. The van der Waals surface area contributed by atoms with Gasteiger partial charge in [0, 0.05) is 74.5 Å². The van der Waals surface area contributed by atoms with Crippen LogP contribution in [0.4, 0.5) is 11.5 Å². The van der Waals surface area contributed by atoms with Crippen LogP contribution >= 0.6 is 11.6 Å². The van der Waals surface area contributed by atoms with Gasteiger partial charge in [0.25, 0.3) is 5.91 Å². The number of halogens is 1.